The van der Waals surface area contributed by atoms with E-state index in [0.29, 0.717) is 12.3 Å². The van der Waals surface area contributed by atoms with Crippen LogP contribution in [0.25, 0.3) is 0 Å². The number of rotatable bonds is 7. The number of ether oxygens (including phenoxy) is 2. The number of benzene rings is 2. The minimum absolute atomic E-state index is 0.214. The molecule has 31 heavy (non-hydrogen) atoms. The van der Waals surface area contributed by atoms with E-state index < -0.39 is 0 Å². The van der Waals surface area contributed by atoms with Gasteiger partial charge in [-0.25, -0.2) is 0 Å². The molecule has 0 radical (unpaired) electrons. The van der Waals surface area contributed by atoms with Gasteiger partial charge >= 0.3 is 0 Å². The molecule has 2 heterocycles. The third kappa shape index (κ3) is 5.44. The van der Waals surface area contributed by atoms with E-state index in [2.05, 4.69) is 34.4 Å². The van der Waals surface area contributed by atoms with Crippen LogP contribution < -0.4 is 15.0 Å². The zero-order chi connectivity index (χ0) is 21.6. The number of aromatic nitrogens is 1. The highest BCUT2D eigenvalue weighted by Gasteiger charge is 2.14. The van der Waals surface area contributed by atoms with E-state index in [9.17, 15) is 4.79 Å². The largest absolute Gasteiger partial charge is 0.486 e. The number of nitrogens with one attached hydrogen (secondary N) is 1. The summed E-state index contributed by atoms with van der Waals surface area (Å²) in [6, 6.07) is 15.7. The van der Waals surface area contributed by atoms with Crippen LogP contribution >= 0.6 is 0 Å². The molecule has 0 aliphatic carbocycles. The number of morpholine rings is 1. The van der Waals surface area contributed by atoms with Crippen LogP contribution in [0.3, 0.4) is 0 Å². The van der Waals surface area contributed by atoms with E-state index in [4.69, 9.17) is 14.0 Å². The number of amides is 1. The molecule has 7 heteroatoms. The maximum Gasteiger partial charge on any atom is 0.273 e. The van der Waals surface area contributed by atoms with E-state index in [1.807, 2.05) is 37.3 Å². The molecule has 1 fully saturated rings. The molecule has 0 unspecified atom stereocenters. The predicted molar refractivity (Wildman–Crippen MR) is 117 cm³/mol. The lowest BCUT2D eigenvalue weighted by Gasteiger charge is -2.28. The fourth-order valence-corrected chi connectivity index (χ4v) is 3.37. The van der Waals surface area contributed by atoms with Crippen LogP contribution in [0.1, 0.15) is 32.9 Å². The third-order valence-corrected chi connectivity index (χ3v) is 5.42. The lowest BCUT2D eigenvalue weighted by molar-refractivity contribution is 0.0941. The molecular weight excluding hydrogens is 394 g/mol. The summed E-state index contributed by atoms with van der Waals surface area (Å²) in [6.45, 7) is 8.04. The Bertz CT molecular complexity index is 1020. The highest BCUT2D eigenvalue weighted by Crippen LogP contribution is 2.19. The van der Waals surface area contributed by atoms with E-state index in [0.717, 1.165) is 43.2 Å². The summed E-state index contributed by atoms with van der Waals surface area (Å²) in [4.78, 5) is 14.7. The fraction of sp³-hybridized carbons (Fsp3) is 0.333. The first-order valence-corrected chi connectivity index (χ1v) is 10.4. The van der Waals surface area contributed by atoms with Gasteiger partial charge < -0.3 is 24.2 Å². The molecule has 1 aromatic heterocycles. The van der Waals surface area contributed by atoms with Gasteiger partial charge in [-0.1, -0.05) is 23.4 Å². The van der Waals surface area contributed by atoms with Crippen LogP contribution in [0.4, 0.5) is 5.69 Å². The molecule has 0 saturated carbocycles. The van der Waals surface area contributed by atoms with Gasteiger partial charge in [0.1, 0.15) is 12.4 Å². The van der Waals surface area contributed by atoms with Gasteiger partial charge in [-0.3, -0.25) is 4.79 Å². The summed E-state index contributed by atoms with van der Waals surface area (Å²) in [7, 11) is 0. The molecule has 2 aromatic carbocycles. The first-order valence-electron chi connectivity index (χ1n) is 10.4. The van der Waals surface area contributed by atoms with Gasteiger partial charge in [-0.05, 0) is 54.8 Å². The van der Waals surface area contributed by atoms with E-state index >= 15 is 0 Å². The molecule has 1 amide bonds. The predicted octanol–water partition coefficient (Wildman–Crippen LogP) is 3.64. The topological polar surface area (TPSA) is 76.8 Å². The van der Waals surface area contributed by atoms with Crippen molar-refractivity contribution in [1.29, 1.82) is 0 Å². The Kier molecular flexibility index (Phi) is 6.52. The van der Waals surface area contributed by atoms with Crippen molar-refractivity contribution >= 4 is 11.6 Å². The van der Waals surface area contributed by atoms with Crippen molar-refractivity contribution in [2.45, 2.75) is 27.0 Å². The first-order chi connectivity index (χ1) is 15.1. The summed E-state index contributed by atoms with van der Waals surface area (Å²) >= 11 is 0. The van der Waals surface area contributed by atoms with Gasteiger partial charge in [0.05, 0.1) is 13.2 Å². The molecule has 4 rings (SSSR count). The Balaban J connectivity index is 1.27. The SMILES string of the molecule is Cc1ccc(OCc2cc(C(=O)NCc3ccc(N4CCOCC4)cc3)no2)cc1C. The Hall–Kier alpha value is -3.32. The quantitative estimate of drug-likeness (QED) is 0.628. The highest BCUT2D eigenvalue weighted by molar-refractivity contribution is 5.92. The Labute approximate surface area is 181 Å². The number of carbonyl (C=O) groups is 1. The van der Waals surface area contributed by atoms with Crippen LogP contribution in [0.5, 0.6) is 5.75 Å². The second-order valence-electron chi connectivity index (χ2n) is 7.66. The Morgan fingerprint density at radius 1 is 1.06 bits per heavy atom. The second kappa shape index (κ2) is 9.66. The van der Waals surface area contributed by atoms with E-state index in [1.54, 1.807) is 6.07 Å². The first kappa shape index (κ1) is 20.9. The van der Waals surface area contributed by atoms with Gasteiger partial charge in [0.15, 0.2) is 11.5 Å². The summed E-state index contributed by atoms with van der Waals surface area (Å²) < 4.78 is 16.4. The molecular formula is C24H27N3O4. The summed E-state index contributed by atoms with van der Waals surface area (Å²) in [5, 5.41) is 6.74. The fourth-order valence-electron chi connectivity index (χ4n) is 3.37. The van der Waals surface area contributed by atoms with Gasteiger partial charge in [-0.2, -0.15) is 0 Å². The van der Waals surface area contributed by atoms with Crippen molar-refractivity contribution in [1.82, 2.24) is 10.5 Å². The zero-order valence-corrected chi connectivity index (χ0v) is 17.9. The zero-order valence-electron chi connectivity index (χ0n) is 17.9. The molecule has 1 saturated heterocycles. The van der Waals surface area contributed by atoms with Crippen molar-refractivity contribution in [2.75, 3.05) is 31.2 Å². The van der Waals surface area contributed by atoms with Crippen molar-refractivity contribution in [3.8, 4) is 5.75 Å². The average molecular weight is 421 g/mol. The van der Waals surface area contributed by atoms with Crippen molar-refractivity contribution in [3.63, 3.8) is 0 Å². The lowest BCUT2D eigenvalue weighted by Crippen LogP contribution is -2.36. The maximum absolute atomic E-state index is 12.4. The summed E-state index contributed by atoms with van der Waals surface area (Å²) in [5.41, 5.74) is 4.80. The summed E-state index contributed by atoms with van der Waals surface area (Å²) in [5.74, 6) is 0.975. The van der Waals surface area contributed by atoms with E-state index in [-0.39, 0.29) is 18.2 Å². The smallest absolute Gasteiger partial charge is 0.273 e. The molecule has 0 spiro atoms. The van der Waals surface area contributed by atoms with Crippen LogP contribution in [-0.2, 0) is 17.9 Å². The summed E-state index contributed by atoms with van der Waals surface area (Å²) in [6.07, 6.45) is 0. The third-order valence-electron chi connectivity index (χ3n) is 5.42. The molecule has 1 aliphatic rings. The van der Waals surface area contributed by atoms with Gasteiger partial charge in [0.2, 0.25) is 0 Å². The average Bonchev–Trinajstić information content (AvgIpc) is 3.28. The number of hydrogen-bond acceptors (Lipinski definition) is 6. The molecule has 0 bridgehead atoms. The van der Waals surface area contributed by atoms with Crippen LogP contribution in [-0.4, -0.2) is 37.4 Å². The Morgan fingerprint density at radius 3 is 2.58 bits per heavy atom. The molecule has 1 aliphatic heterocycles. The Morgan fingerprint density at radius 2 is 1.84 bits per heavy atom. The maximum atomic E-state index is 12.4. The number of nitrogens with zero attached hydrogens (tertiary/aromatic N) is 2. The monoisotopic (exact) mass is 421 g/mol. The van der Waals surface area contributed by atoms with E-state index in [1.165, 1.54) is 11.3 Å². The molecule has 7 nitrogen and oxygen atoms in total. The van der Waals surface area contributed by atoms with Crippen molar-refractivity contribution in [3.05, 3.63) is 76.7 Å². The molecule has 0 atom stereocenters. The minimum atomic E-state index is -0.279. The number of anilines is 1. The van der Waals surface area contributed by atoms with Gasteiger partial charge in [0, 0.05) is 31.4 Å². The highest BCUT2D eigenvalue weighted by atomic mass is 16.5. The second-order valence-corrected chi connectivity index (χ2v) is 7.66. The number of hydrogen-bond donors (Lipinski definition) is 1. The van der Waals surface area contributed by atoms with Crippen molar-refractivity contribution in [2.24, 2.45) is 0 Å². The minimum Gasteiger partial charge on any atom is -0.486 e. The van der Waals surface area contributed by atoms with Crippen LogP contribution in [0, 0.1) is 13.8 Å². The van der Waals surface area contributed by atoms with Crippen LogP contribution in [0.15, 0.2) is 53.1 Å². The number of aryl methyl sites for hydroxylation is 2. The normalized spacial score (nSPS) is 13.8. The van der Waals surface area contributed by atoms with Crippen LogP contribution in [0.2, 0.25) is 0 Å². The van der Waals surface area contributed by atoms with Crippen molar-refractivity contribution < 1.29 is 18.8 Å². The molecule has 162 valence electrons. The molecule has 3 aromatic rings. The standard InChI is InChI=1S/C24H27N3O4/c1-17-3-8-21(13-18(17)2)30-16-22-14-23(26-31-22)24(28)25-15-19-4-6-20(7-5-19)27-9-11-29-12-10-27/h3-8,13-14H,9-12,15-16H2,1-2H3,(H,25,28). The number of carbonyl (C=O) groups excluding carboxylic acids is 1. The molecule has 1 N–H and O–H groups in total. The van der Waals surface area contributed by atoms with Gasteiger partial charge in [0.25, 0.3) is 5.91 Å². The van der Waals surface area contributed by atoms with Gasteiger partial charge in [-0.15, -0.1) is 0 Å². The lowest BCUT2D eigenvalue weighted by atomic mass is 10.1.